The lowest BCUT2D eigenvalue weighted by Gasteiger charge is -2.47. The van der Waals surface area contributed by atoms with Crippen molar-refractivity contribution in [3.63, 3.8) is 0 Å². The van der Waals surface area contributed by atoms with Gasteiger partial charge in [0.25, 0.3) is 5.91 Å². The van der Waals surface area contributed by atoms with Gasteiger partial charge in [-0.25, -0.2) is 0 Å². The number of alkyl halides is 3. The van der Waals surface area contributed by atoms with Crippen molar-refractivity contribution in [3.05, 3.63) is 75.1 Å². The molecule has 3 aromatic rings. The number of nitrogens with one attached hydrogen (secondary N) is 2. The standard InChI is InChI=1S/C37H45ClF3N3O5/c1-35(2,3)43-34(47)36(25-7-5-4-6-8-25)16-19-44(20-17-36)18-15-27(21-24-9-11-26(38)12-10-24)42-33(46)32-23-30(45)29-22-28(49-37(39,40)41)13-14-31(29)48-32/h9-14,22-23,25,27H,4-8,15-21H2,1-3H3,(H,42,46)(H,43,47). The molecule has 1 aliphatic heterocycles. The summed E-state index contributed by atoms with van der Waals surface area (Å²) in [6, 6.07) is 11.1. The fraction of sp³-hybridized carbons (Fsp3) is 0.541. The zero-order valence-electron chi connectivity index (χ0n) is 28.3. The van der Waals surface area contributed by atoms with E-state index in [1.807, 2.05) is 32.9 Å². The Kier molecular flexibility index (Phi) is 11.3. The molecular weight excluding hydrogens is 659 g/mol. The van der Waals surface area contributed by atoms with E-state index in [2.05, 4.69) is 20.3 Å². The van der Waals surface area contributed by atoms with Gasteiger partial charge in [-0.15, -0.1) is 13.2 Å². The van der Waals surface area contributed by atoms with Crippen molar-refractivity contribution in [3.8, 4) is 5.75 Å². The van der Waals surface area contributed by atoms with Crippen molar-refractivity contribution in [1.82, 2.24) is 15.5 Å². The van der Waals surface area contributed by atoms with Crippen LogP contribution in [0.15, 0.2) is 57.7 Å². The average Bonchev–Trinajstić information content (AvgIpc) is 3.04. The van der Waals surface area contributed by atoms with Crippen molar-refractivity contribution in [2.75, 3.05) is 19.6 Å². The summed E-state index contributed by atoms with van der Waals surface area (Å²) in [6.45, 7) is 8.30. The summed E-state index contributed by atoms with van der Waals surface area (Å²) in [6.07, 6.45) is 3.45. The van der Waals surface area contributed by atoms with Crippen LogP contribution < -0.4 is 20.8 Å². The molecule has 2 amide bonds. The summed E-state index contributed by atoms with van der Waals surface area (Å²) in [5, 5.41) is 6.76. The first kappa shape index (κ1) is 36.7. The predicted molar refractivity (Wildman–Crippen MR) is 183 cm³/mol. The van der Waals surface area contributed by atoms with Crippen LogP contribution in [-0.4, -0.2) is 54.3 Å². The molecule has 8 nitrogen and oxygen atoms in total. The minimum Gasteiger partial charge on any atom is -0.451 e. The van der Waals surface area contributed by atoms with Crippen LogP contribution >= 0.6 is 11.6 Å². The third-order valence-electron chi connectivity index (χ3n) is 9.76. The minimum absolute atomic E-state index is 0.0355. The largest absolute Gasteiger partial charge is 0.573 e. The number of hydrogen-bond acceptors (Lipinski definition) is 6. The van der Waals surface area contributed by atoms with Gasteiger partial charge in [0.15, 0.2) is 11.2 Å². The van der Waals surface area contributed by atoms with Gasteiger partial charge >= 0.3 is 6.36 Å². The van der Waals surface area contributed by atoms with Crippen molar-refractivity contribution in [2.24, 2.45) is 11.3 Å². The highest BCUT2D eigenvalue weighted by atomic mass is 35.5. The number of carbonyl (C=O) groups is 2. The average molecular weight is 704 g/mol. The Labute approximate surface area is 289 Å². The second-order valence-electron chi connectivity index (χ2n) is 14.5. The number of rotatable bonds is 10. The van der Waals surface area contributed by atoms with Gasteiger partial charge in [-0.1, -0.05) is 43.0 Å². The molecular formula is C37H45ClF3N3O5. The number of ether oxygens (including phenoxy) is 1. The Morgan fingerprint density at radius 3 is 2.33 bits per heavy atom. The smallest absolute Gasteiger partial charge is 0.451 e. The number of benzene rings is 2. The minimum atomic E-state index is -4.92. The Morgan fingerprint density at radius 1 is 1.02 bits per heavy atom. The van der Waals surface area contributed by atoms with E-state index in [-0.39, 0.29) is 39.6 Å². The first-order chi connectivity index (χ1) is 23.1. The normalized spacial score (nSPS) is 18.2. The van der Waals surface area contributed by atoms with Crippen LogP contribution in [0.25, 0.3) is 11.0 Å². The first-order valence-electron chi connectivity index (χ1n) is 17.0. The van der Waals surface area contributed by atoms with Crippen LogP contribution in [0.3, 0.4) is 0 Å². The number of likely N-dealkylation sites (tertiary alicyclic amines) is 1. The first-order valence-corrected chi connectivity index (χ1v) is 17.4. The molecule has 1 aromatic heterocycles. The van der Waals surface area contributed by atoms with Crippen molar-refractivity contribution >= 4 is 34.4 Å². The lowest BCUT2D eigenvalue weighted by Crippen LogP contribution is -2.56. The lowest BCUT2D eigenvalue weighted by molar-refractivity contribution is -0.274. The van der Waals surface area contributed by atoms with E-state index in [9.17, 15) is 27.6 Å². The molecule has 0 spiro atoms. The van der Waals surface area contributed by atoms with E-state index in [1.165, 1.54) is 12.5 Å². The molecule has 2 fully saturated rings. The topological polar surface area (TPSA) is 101 Å². The number of fused-ring (bicyclic) bond motifs is 1. The van der Waals surface area contributed by atoms with Gasteiger partial charge in [0, 0.05) is 29.2 Å². The number of nitrogens with zero attached hydrogens (tertiary/aromatic N) is 1. The van der Waals surface area contributed by atoms with Crippen molar-refractivity contribution in [1.29, 1.82) is 0 Å². The van der Waals surface area contributed by atoms with Gasteiger partial charge in [0.1, 0.15) is 11.3 Å². The van der Waals surface area contributed by atoms with Gasteiger partial charge in [0.05, 0.1) is 10.8 Å². The summed E-state index contributed by atoms with van der Waals surface area (Å²) in [4.78, 5) is 42.4. The second kappa shape index (κ2) is 15.1. The second-order valence-corrected chi connectivity index (χ2v) is 14.9. The van der Waals surface area contributed by atoms with Gasteiger partial charge in [-0.3, -0.25) is 14.4 Å². The Balaban J connectivity index is 1.29. The highest BCUT2D eigenvalue weighted by molar-refractivity contribution is 6.30. The molecule has 49 heavy (non-hydrogen) atoms. The zero-order chi connectivity index (χ0) is 35.4. The Morgan fingerprint density at radius 2 is 1.69 bits per heavy atom. The molecule has 5 rings (SSSR count). The fourth-order valence-corrected chi connectivity index (χ4v) is 7.41. The number of halogens is 4. The summed E-state index contributed by atoms with van der Waals surface area (Å²) in [5.41, 5.74) is -0.433. The molecule has 266 valence electrons. The van der Waals surface area contributed by atoms with E-state index in [0.29, 0.717) is 30.3 Å². The summed E-state index contributed by atoms with van der Waals surface area (Å²) in [5.74, 6) is -0.870. The highest BCUT2D eigenvalue weighted by Crippen LogP contribution is 2.46. The van der Waals surface area contributed by atoms with Gasteiger partial charge in [-0.2, -0.15) is 0 Å². The van der Waals surface area contributed by atoms with Crippen LogP contribution in [0, 0.1) is 11.3 Å². The predicted octanol–water partition coefficient (Wildman–Crippen LogP) is 7.65. The molecule has 2 aliphatic rings. The zero-order valence-corrected chi connectivity index (χ0v) is 29.0. The molecule has 2 N–H and O–H groups in total. The molecule has 1 saturated carbocycles. The van der Waals surface area contributed by atoms with Gasteiger partial charge in [-0.05, 0) is 114 Å². The lowest BCUT2D eigenvalue weighted by atomic mass is 9.63. The van der Waals surface area contributed by atoms with Crippen LogP contribution in [0.1, 0.15) is 88.3 Å². The maximum Gasteiger partial charge on any atom is 0.573 e. The summed E-state index contributed by atoms with van der Waals surface area (Å²) < 4.78 is 47.6. The van der Waals surface area contributed by atoms with E-state index in [4.69, 9.17) is 16.0 Å². The van der Waals surface area contributed by atoms with Crippen molar-refractivity contribution < 1.29 is 31.9 Å². The molecule has 1 unspecified atom stereocenters. The van der Waals surface area contributed by atoms with Crippen LogP contribution in [0.2, 0.25) is 5.02 Å². The monoisotopic (exact) mass is 703 g/mol. The Bertz CT molecular complexity index is 1670. The Hall–Kier alpha value is -3.57. The van der Waals surface area contributed by atoms with E-state index >= 15 is 0 Å². The third-order valence-corrected chi connectivity index (χ3v) is 10.0. The molecule has 12 heteroatoms. The van der Waals surface area contributed by atoms with Gasteiger partial charge in [0.2, 0.25) is 5.91 Å². The molecule has 1 saturated heterocycles. The quantitative estimate of drug-likeness (QED) is 0.225. The van der Waals surface area contributed by atoms with E-state index in [0.717, 1.165) is 75.4 Å². The molecule has 2 heterocycles. The molecule has 0 radical (unpaired) electrons. The number of piperidine rings is 1. The van der Waals surface area contributed by atoms with Crippen LogP contribution in [0.4, 0.5) is 13.2 Å². The van der Waals surface area contributed by atoms with Crippen molar-refractivity contribution in [2.45, 2.75) is 96.5 Å². The summed E-state index contributed by atoms with van der Waals surface area (Å²) in [7, 11) is 0. The molecule has 2 aromatic carbocycles. The number of amides is 2. The maximum absolute atomic E-state index is 13.8. The van der Waals surface area contributed by atoms with Crippen LogP contribution in [-0.2, 0) is 11.2 Å². The van der Waals surface area contributed by atoms with Crippen LogP contribution in [0.5, 0.6) is 5.75 Å². The fourth-order valence-electron chi connectivity index (χ4n) is 7.29. The highest BCUT2D eigenvalue weighted by Gasteiger charge is 2.48. The molecule has 0 bridgehead atoms. The molecule has 1 aliphatic carbocycles. The SMILES string of the molecule is CC(C)(C)NC(=O)C1(C2CCCCC2)CCN(CCC(Cc2ccc(Cl)cc2)NC(=O)c2cc(=O)c3cc(OC(F)(F)F)ccc3o2)CC1. The summed E-state index contributed by atoms with van der Waals surface area (Å²) >= 11 is 6.11. The number of carbonyl (C=O) groups excluding carboxylic acids is 2. The van der Waals surface area contributed by atoms with E-state index < -0.39 is 23.4 Å². The van der Waals surface area contributed by atoms with E-state index in [1.54, 1.807) is 12.1 Å². The third kappa shape index (κ3) is 9.78. The molecule has 1 atom stereocenters. The van der Waals surface area contributed by atoms with Gasteiger partial charge < -0.3 is 24.7 Å². The maximum atomic E-state index is 13.8. The number of hydrogen-bond donors (Lipinski definition) is 2.